The van der Waals surface area contributed by atoms with E-state index in [-0.39, 0.29) is 12.1 Å². The van der Waals surface area contributed by atoms with E-state index < -0.39 is 34.2 Å². The average Bonchev–Trinajstić information content (AvgIpc) is 2.70. The lowest BCUT2D eigenvalue weighted by Gasteiger charge is -2.11. The van der Waals surface area contributed by atoms with Crippen LogP contribution in [0.25, 0.3) is 0 Å². The van der Waals surface area contributed by atoms with Crippen LogP contribution in [-0.4, -0.2) is 38.1 Å². The number of nitrogens with zero attached hydrogens (tertiary/aromatic N) is 2. The van der Waals surface area contributed by atoms with Crippen LogP contribution in [0.4, 0.5) is 5.69 Å². The summed E-state index contributed by atoms with van der Waals surface area (Å²) in [5, 5.41) is 27.8. The minimum absolute atomic E-state index is 0.137. The number of nitro groups is 1. The Morgan fingerprint density at radius 3 is 2.68 bits per heavy atom. The highest BCUT2D eigenvalue weighted by Crippen LogP contribution is 2.20. The van der Waals surface area contributed by atoms with E-state index in [1.165, 1.54) is 6.92 Å². The van der Waals surface area contributed by atoms with Crippen molar-refractivity contribution in [3.8, 4) is 0 Å². The van der Waals surface area contributed by atoms with Gasteiger partial charge in [0.1, 0.15) is 11.7 Å². The van der Waals surface area contributed by atoms with Gasteiger partial charge in [0.05, 0.1) is 4.92 Å². The van der Waals surface area contributed by atoms with Crippen LogP contribution in [0.5, 0.6) is 0 Å². The van der Waals surface area contributed by atoms with Gasteiger partial charge in [-0.3, -0.25) is 20.0 Å². The molecule has 0 saturated carbocycles. The predicted octanol–water partition coefficient (Wildman–Crippen LogP) is 0.609. The zero-order valence-electron chi connectivity index (χ0n) is 10.5. The third-order valence-electron chi connectivity index (χ3n) is 2.49. The number of aromatic amines is 1. The fraction of sp³-hybridized carbons (Fsp3) is 0.500. The molecule has 0 aliphatic heterocycles. The van der Waals surface area contributed by atoms with Crippen molar-refractivity contribution < 1.29 is 19.6 Å². The van der Waals surface area contributed by atoms with E-state index in [0.717, 1.165) is 0 Å². The van der Waals surface area contributed by atoms with Gasteiger partial charge in [0.25, 0.3) is 5.91 Å². The molecule has 1 aromatic heterocycles. The number of aryl methyl sites for hydroxylation is 1. The molecule has 0 fully saturated rings. The maximum atomic E-state index is 11.8. The summed E-state index contributed by atoms with van der Waals surface area (Å²) in [4.78, 5) is 32.8. The molecule has 0 aliphatic rings. The number of hydrogen-bond acceptors (Lipinski definition) is 5. The van der Waals surface area contributed by atoms with Crippen molar-refractivity contribution in [2.24, 2.45) is 0 Å². The summed E-state index contributed by atoms with van der Waals surface area (Å²) in [6.45, 7) is 3.17. The number of amides is 1. The summed E-state index contributed by atoms with van der Waals surface area (Å²) in [6, 6.07) is -1.09. The Bertz CT molecular complexity index is 510. The molecule has 104 valence electrons. The molecule has 9 nitrogen and oxygen atoms in total. The van der Waals surface area contributed by atoms with Crippen molar-refractivity contribution in [2.75, 3.05) is 0 Å². The molecule has 1 rings (SSSR count). The standard InChI is InChI=1S/C10H14N4O5/c1-3-4-6(10(16)17)11-9(15)7-8(14(18)19)5(2)12-13-7/h6H,3-4H2,1-2H3,(H,11,15)(H,12,13)(H,16,17). The Labute approximate surface area is 108 Å². The fourth-order valence-corrected chi connectivity index (χ4v) is 1.58. The van der Waals surface area contributed by atoms with Crippen molar-refractivity contribution in [3.05, 3.63) is 21.5 Å². The van der Waals surface area contributed by atoms with E-state index >= 15 is 0 Å². The lowest BCUT2D eigenvalue weighted by Crippen LogP contribution is -2.41. The van der Waals surface area contributed by atoms with Gasteiger partial charge in [-0.05, 0) is 13.3 Å². The van der Waals surface area contributed by atoms with Gasteiger partial charge in [-0.2, -0.15) is 5.10 Å². The molecule has 3 N–H and O–H groups in total. The van der Waals surface area contributed by atoms with Gasteiger partial charge in [-0.25, -0.2) is 4.79 Å². The van der Waals surface area contributed by atoms with E-state index in [9.17, 15) is 19.7 Å². The van der Waals surface area contributed by atoms with Crippen LogP contribution in [0.15, 0.2) is 0 Å². The van der Waals surface area contributed by atoms with Gasteiger partial charge in [0, 0.05) is 0 Å². The minimum Gasteiger partial charge on any atom is -0.480 e. The molecular formula is C10H14N4O5. The normalized spacial score (nSPS) is 11.9. The van der Waals surface area contributed by atoms with Gasteiger partial charge in [0.15, 0.2) is 0 Å². The van der Waals surface area contributed by atoms with Crippen molar-refractivity contribution in [1.29, 1.82) is 0 Å². The minimum atomic E-state index is -1.19. The number of H-pyrrole nitrogens is 1. The highest BCUT2D eigenvalue weighted by molar-refractivity contribution is 5.98. The molecule has 0 bridgehead atoms. The predicted molar refractivity (Wildman–Crippen MR) is 63.8 cm³/mol. The molecule has 0 saturated heterocycles. The fourth-order valence-electron chi connectivity index (χ4n) is 1.58. The van der Waals surface area contributed by atoms with E-state index in [1.807, 2.05) is 0 Å². The van der Waals surface area contributed by atoms with Crippen molar-refractivity contribution in [2.45, 2.75) is 32.7 Å². The lowest BCUT2D eigenvalue weighted by atomic mass is 10.1. The summed E-state index contributed by atoms with van der Waals surface area (Å²) < 4.78 is 0. The summed E-state index contributed by atoms with van der Waals surface area (Å²) in [5.41, 5.74) is -0.722. The van der Waals surface area contributed by atoms with Gasteiger partial charge in [-0.15, -0.1) is 0 Å². The first-order valence-electron chi connectivity index (χ1n) is 5.61. The molecule has 0 aromatic carbocycles. The number of hydrogen-bond donors (Lipinski definition) is 3. The van der Waals surface area contributed by atoms with Crippen LogP contribution >= 0.6 is 0 Å². The van der Waals surface area contributed by atoms with Crippen LogP contribution in [-0.2, 0) is 4.79 Å². The Morgan fingerprint density at radius 2 is 2.21 bits per heavy atom. The Kier molecular flexibility index (Phi) is 4.56. The second kappa shape index (κ2) is 5.94. The monoisotopic (exact) mass is 270 g/mol. The molecule has 1 aromatic rings. The van der Waals surface area contributed by atoms with E-state index in [2.05, 4.69) is 15.5 Å². The molecule has 1 unspecified atom stereocenters. The lowest BCUT2D eigenvalue weighted by molar-refractivity contribution is -0.385. The number of carbonyl (C=O) groups is 2. The van der Waals surface area contributed by atoms with E-state index in [0.29, 0.717) is 6.42 Å². The quantitative estimate of drug-likeness (QED) is 0.511. The molecule has 19 heavy (non-hydrogen) atoms. The van der Waals surface area contributed by atoms with Crippen LogP contribution in [0.2, 0.25) is 0 Å². The van der Waals surface area contributed by atoms with Gasteiger partial charge < -0.3 is 10.4 Å². The molecule has 1 atom stereocenters. The maximum Gasteiger partial charge on any atom is 0.326 e. The zero-order chi connectivity index (χ0) is 14.6. The second-order valence-electron chi connectivity index (χ2n) is 3.96. The smallest absolute Gasteiger partial charge is 0.326 e. The third-order valence-corrected chi connectivity index (χ3v) is 2.49. The highest BCUT2D eigenvalue weighted by atomic mass is 16.6. The highest BCUT2D eigenvalue weighted by Gasteiger charge is 2.29. The molecule has 0 spiro atoms. The largest absolute Gasteiger partial charge is 0.480 e. The van der Waals surface area contributed by atoms with Crippen LogP contribution < -0.4 is 5.32 Å². The molecule has 1 heterocycles. The van der Waals surface area contributed by atoms with Gasteiger partial charge >= 0.3 is 11.7 Å². The number of nitrogens with one attached hydrogen (secondary N) is 2. The van der Waals surface area contributed by atoms with Gasteiger partial charge in [0.2, 0.25) is 5.69 Å². The molecular weight excluding hydrogens is 256 g/mol. The van der Waals surface area contributed by atoms with Gasteiger partial charge in [-0.1, -0.05) is 13.3 Å². The molecule has 1 amide bonds. The van der Waals surface area contributed by atoms with E-state index in [1.54, 1.807) is 6.92 Å². The molecule has 0 aliphatic carbocycles. The Balaban J connectivity index is 2.95. The first-order chi connectivity index (χ1) is 8.88. The number of rotatable bonds is 6. The van der Waals surface area contributed by atoms with Crippen LogP contribution in [0, 0.1) is 17.0 Å². The average molecular weight is 270 g/mol. The topological polar surface area (TPSA) is 138 Å². The number of aliphatic carboxylic acids is 1. The summed E-state index contributed by atoms with van der Waals surface area (Å²) in [5.74, 6) is -2.07. The molecule has 0 radical (unpaired) electrons. The Hall–Kier alpha value is -2.45. The number of aromatic nitrogens is 2. The number of carbonyl (C=O) groups excluding carboxylic acids is 1. The van der Waals surface area contributed by atoms with E-state index in [4.69, 9.17) is 5.11 Å². The number of carboxylic acids is 1. The zero-order valence-corrected chi connectivity index (χ0v) is 10.5. The summed E-state index contributed by atoms with van der Waals surface area (Å²) in [7, 11) is 0. The SMILES string of the molecule is CCCC(NC(=O)c1n[nH]c(C)c1[N+](=O)[O-])C(=O)O. The molecule has 9 heteroatoms. The summed E-state index contributed by atoms with van der Waals surface area (Å²) in [6.07, 6.45) is 0.789. The van der Waals surface area contributed by atoms with Crippen LogP contribution in [0.3, 0.4) is 0 Å². The Morgan fingerprint density at radius 1 is 1.58 bits per heavy atom. The summed E-state index contributed by atoms with van der Waals surface area (Å²) >= 11 is 0. The first kappa shape index (κ1) is 14.6. The first-order valence-corrected chi connectivity index (χ1v) is 5.61. The number of carboxylic acid groups (broad SMARTS) is 1. The van der Waals surface area contributed by atoms with Crippen LogP contribution in [0.1, 0.15) is 35.9 Å². The van der Waals surface area contributed by atoms with Crippen molar-refractivity contribution >= 4 is 17.6 Å². The maximum absolute atomic E-state index is 11.8. The second-order valence-corrected chi connectivity index (χ2v) is 3.96. The van der Waals surface area contributed by atoms with Crippen molar-refractivity contribution in [3.63, 3.8) is 0 Å². The third kappa shape index (κ3) is 3.27. The van der Waals surface area contributed by atoms with Crippen molar-refractivity contribution in [1.82, 2.24) is 15.5 Å².